The fraction of sp³-hybridized carbons (Fsp3) is 0.353. The summed E-state index contributed by atoms with van der Waals surface area (Å²) >= 11 is 0. The van der Waals surface area contributed by atoms with Gasteiger partial charge in [0.2, 0.25) is 5.91 Å². The van der Waals surface area contributed by atoms with Crippen molar-refractivity contribution in [1.29, 1.82) is 0 Å². The first-order valence-electron chi connectivity index (χ1n) is 7.51. The van der Waals surface area contributed by atoms with E-state index in [0.717, 1.165) is 42.8 Å². The largest absolute Gasteiger partial charge is 0.399 e. The van der Waals surface area contributed by atoms with Crippen LogP contribution in [0.1, 0.15) is 36.6 Å². The Morgan fingerprint density at radius 1 is 1.33 bits per heavy atom. The molecule has 0 aliphatic carbocycles. The van der Waals surface area contributed by atoms with Crippen LogP contribution >= 0.6 is 0 Å². The quantitative estimate of drug-likeness (QED) is 0.847. The third-order valence-electron chi connectivity index (χ3n) is 4.13. The number of amides is 1. The van der Waals surface area contributed by atoms with E-state index in [9.17, 15) is 4.79 Å². The second-order valence-corrected chi connectivity index (χ2v) is 5.62. The second-order valence-electron chi connectivity index (χ2n) is 5.62. The summed E-state index contributed by atoms with van der Waals surface area (Å²) < 4.78 is 0. The van der Waals surface area contributed by atoms with E-state index in [4.69, 9.17) is 5.73 Å². The molecule has 4 heteroatoms. The van der Waals surface area contributed by atoms with E-state index < -0.39 is 0 Å². The minimum Gasteiger partial charge on any atom is -0.399 e. The van der Waals surface area contributed by atoms with Gasteiger partial charge in [-0.05, 0) is 49.1 Å². The van der Waals surface area contributed by atoms with E-state index in [1.165, 1.54) is 0 Å². The zero-order valence-corrected chi connectivity index (χ0v) is 12.1. The third kappa shape index (κ3) is 3.10. The molecule has 0 bridgehead atoms. The number of nitrogens with zero attached hydrogens (tertiary/aromatic N) is 1. The summed E-state index contributed by atoms with van der Waals surface area (Å²) in [5.41, 5.74) is 8.80. The molecule has 2 aromatic rings. The number of hydrogen-bond donors (Lipinski definition) is 2. The average molecular weight is 283 g/mol. The summed E-state index contributed by atoms with van der Waals surface area (Å²) in [4.78, 5) is 17.7. The summed E-state index contributed by atoms with van der Waals surface area (Å²) in [6.45, 7) is 0.861. The van der Waals surface area contributed by atoms with Gasteiger partial charge in [-0.2, -0.15) is 0 Å². The van der Waals surface area contributed by atoms with E-state index in [0.29, 0.717) is 6.42 Å². The van der Waals surface area contributed by atoms with Gasteiger partial charge in [0.1, 0.15) is 0 Å². The van der Waals surface area contributed by atoms with E-state index >= 15 is 0 Å². The van der Waals surface area contributed by atoms with Crippen molar-refractivity contribution < 1.29 is 4.79 Å². The molecule has 1 unspecified atom stereocenters. The molecule has 1 aliphatic heterocycles. The highest BCUT2D eigenvalue weighted by atomic mass is 16.2. The molecule has 0 spiro atoms. The first-order valence-corrected chi connectivity index (χ1v) is 7.51. The lowest BCUT2D eigenvalue weighted by Crippen LogP contribution is -2.30. The van der Waals surface area contributed by atoms with Crippen LogP contribution in [0.15, 0.2) is 42.6 Å². The van der Waals surface area contributed by atoms with Gasteiger partial charge in [-0.3, -0.25) is 4.79 Å². The summed E-state index contributed by atoms with van der Waals surface area (Å²) in [7, 11) is 0. The highest BCUT2D eigenvalue weighted by Crippen LogP contribution is 2.31. The number of aromatic nitrogens is 1. The Morgan fingerprint density at radius 2 is 2.24 bits per heavy atom. The number of nitrogens with one attached hydrogen (secondary N) is 1. The normalized spacial score (nSPS) is 18.1. The van der Waals surface area contributed by atoms with Gasteiger partial charge >= 0.3 is 0 Å². The van der Waals surface area contributed by atoms with Crippen LogP contribution in [0.3, 0.4) is 0 Å². The van der Waals surface area contributed by atoms with Crippen molar-refractivity contribution >= 4 is 11.6 Å². The van der Waals surface area contributed by atoms with E-state index in [-0.39, 0.29) is 11.9 Å². The first kappa shape index (κ1) is 13.7. The van der Waals surface area contributed by atoms with Gasteiger partial charge in [0.05, 0.1) is 6.04 Å². The van der Waals surface area contributed by atoms with Gasteiger partial charge in [-0.1, -0.05) is 12.1 Å². The molecule has 1 aromatic heterocycles. The molecule has 1 atom stereocenters. The fourth-order valence-electron chi connectivity index (χ4n) is 3.08. The fourth-order valence-corrected chi connectivity index (χ4v) is 3.08. The molecule has 3 N–H and O–H groups in total. The third-order valence-corrected chi connectivity index (χ3v) is 4.13. The molecular formula is C17H21N3O. The van der Waals surface area contributed by atoms with E-state index in [1.807, 2.05) is 41.4 Å². The highest BCUT2D eigenvalue weighted by Gasteiger charge is 2.29. The maximum absolute atomic E-state index is 12.5. The second kappa shape index (κ2) is 6.04. The number of anilines is 1. The van der Waals surface area contributed by atoms with Crippen LogP contribution in [0.2, 0.25) is 0 Å². The Kier molecular flexibility index (Phi) is 3.95. The lowest BCUT2D eigenvalue weighted by Gasteiger charge is -2.24. The van der Waals surface area contributed by atoms with Gasteiger partial charge in [0.25, 0.3) is 0 Å². The number of rotatable bonds is 4. The highest BCUT2D eigenvalue weighted by molar-refractivity contribution is 5.77. The lowest BCUT2D eigenvalue weighted by atomic mass is 10.1. The number of H-pyrrole nitrogens is 1. The maximum atomic E-state index is 12.5. The molecule has 1 aromatic carbocycles. The number of likely N-dealkylation sites (tertiary alicyclic amines) is 1. The Balaban J connectivity index is 1.62. The Bertz CT molecular complexity index is 606. The summed E-state index contributed by atoms with van der Waals surface area (Å²) in [5, 5.41) is 0. The molecule has 0 radical (unpaired) electrons. The first-order chi connectivity index (χ1) is 10.2. The summed E-state index contributed by atoms with van der Waals surface area (Å²) in [5.74, 6) is 0.231. The summed E-state index contributed by atoms with van der Waals surface area (Å²) in [6, 6.07) is 12.0. The van der Waals surface area contributed by atoms with Crippen LogP contribution in [0.4, 0.5) is 5.69 Å². The van der Waals surface area contributed by atoms with E-state index in [1.54, 1.807) is 0 Å². The van der Waals surface area contributed by atoms with Gasteiger partial charge in [0, 0.05) is 30.5 Å². The molecule has 2 heterocycles. The van der Waals surface area contributed by atoms with Gasteiger partial charge < -0.3 is 15.6 Å². The molecule has 0 saturated carbocycles. The van der Waals surface area contributed by atoms with Crippen LogP contribution in [0.25, 0.3) is 0 Å². The van der Waals surface area contributed by atoms with Crippen LogP contribution in [-0.4, -0.2) is 22.3 Å². The Hall–Kier alpha value is -2.23. The minimum atomic E-state index is 0.216. The number of nitrogens with two attached hydrogens (primary N) is 1. The Labute approximate surface area is 125 Å². The molecule has 1 amide bonds. The smallest absolute Gasteiger partial charge is 0.223 e. The van der Waals surface area contributed by atoms with Crippen LogP contribution < -0.4 is 5.73 Å². The molecule has 1 aliphatic rings. The molecule has 4 nitrogen and oxygen atoms in total. The van der Waals surface area contributed by atoms with Gasteiger partial charge in [0.15, 0.2) is 0 Å². The minimum absolute atomic E-state index is 0.216. The van der Waals surface area contributed by atoms with Crippen molar-refractivity contribution in [3.8, 4) is 0 Å². The number of nitrogen functional groups attached to an aromatic ring is 1. The SMILES string of the molecule is Nc1cccc(CCC(=O)N2CCCC2c2ccc[nH]2)c1. The molecule has 1 fully saturated rings. The molecular weight excluding hydrogens is 262 g/mol. The van der Waals surface area contributed by atoms with Crippen molar-refractivity contribution in [3.05, 3.63) is 53.9 Å². The topological polar surface area (TPSA) is 62.1 Å². The number of carbonyl (C=O) groups is 1. The van der Waals surface area contributed by atoms with Crippen molar-refractivity contribution in [3.63, 3.8) is 0 Å². The van der Waals surface area contributed by atoms with Crippen LogP contribution in [0, 0.1) is 0 Å². The molecule has 110 valence electrons. The molecule has 3 rings (SSSR count). The number of hydrogen-bond acceptors (Lipinski definition) is 2. The maximum Gasteiger partial charge on any atom is 0.223 e. The molecule has 21 heavy (non-hydrogen) atoms. The average Bonchev–Trinajstić information content (AvgIpc) is 3.14. The lowest BCUT2D eigenvalue weighted by molar-refractivity contribution is -0.132. The standard InChI is InChI=1S/C17H21N3O/c18-14-5-1-4-13(12-14)8-9-17(21)20-11-3-7-16(20)15-6-2-10-19-15/h1-2,4-6,10,12,16,19H,3,7-9,11,18H2. The van der Waals surface area contributed by atoms with Crippen molar-refractivity contribution in [2.75, 3.05) is 12.3 Å². The van der Waals surface area contributed by atoms with Crippen LogP contribution in [-0.2, 0) is 11.2 Å². The zero-order chi connectivity index (χ0) is 14.7. The number of carbonyl (C=O) groups excluding carboxylic acids is 1. The summed E-state index contributed by atoms with van der Waals surface area (Å²) in [6.07, 6.45) is 5.33. The Morgan fingerprint density at radius 3 is 3.00 bits per heavy atom. The van der Waals surface area contributed by atoms with Gasteiger partial charge in [-0.15, -0.1) is 0 Å². The molecule has 1 saturated heterocycles. The number of aromatic amines is 1. The number of aryl methyl sites for hydroxylation is 1. The predicted molar refractivity (Wildman–Crippen MR) is 83.7 cm³/mol. The van der Waals surface area contributed by atoms with Crippen molar-refractivity contribution in [2.45, 2.75) is 31.7 Å². The van der Waals surface area contributed by atoms with Crippen LogP contribution in [0.5, 0.6) is 0 Å². The predicted octanol–water partition coefficient (Wildman–Crippen LogP) is 2.89. The van der Waals surface area contributed by atoms with Gasteiger partial charge in [-0.25, -0.2) is 0 Å². The monoisotopic (exact) mass is 283 g/mol. The van der Waals surface area contributed by atoms with Crippen molar-refractivity contribution in [2.24, 2.45) is 0 Å². The van der Waals surface area contributed by atoms with E-state index in [2.05, 4.69) is 11.1 Å². The number of benzene rings is 1. The van der Waals surface area contributed by atoms with Crippen molar-refractivity contribution in [1.82, 2.24) is 9.88 Å². The zero-order valence-electron chi connectivity index (χ0n) is 12.1.